The molecule has 0 spiro atoms. The maximum atomic E-state index is 11.2. The van der Waals surface area contributed by atoms with Crippen molar-refractivity contribution in [2.24, 2.45) is 5.73 Å². The fourth-order valence-corrected chi connectivity index (χ4v) is 3.44. The maximum Gasteiger partial charge on any atom is 0.241 e. The molecular weight excluding hydrogens is 306 g/mol. The number of hydrogen-bond acceptors (Lipinski definition) is 1. The van der Waals surface area contributed by atoms with Gasteiger partial charge in [0.1, 0.15) is 0 Å². The second kappa shape index (κ2) is 19.5. The van der Waals surface area contributed by atoms with E-state index in [0.717, 1.165) is 12.8 Å². The van der Waals surface area contributed by atoms with Crippen LogP contribution in [-0.2, 0) is 4.79 Å². The van der Waals surface area contributed by atoms with E-state index < -0.39 is 0 Å². The van der Waals surface area contributed by atoms with Gasteiger partial charge in [0.15, 0.2) is 0 Å². The largest absolute Gasteiger partial charge is 0.366 e. The van der Waals surface area contributed by atoms with Gasteiger partial charge in [-0.05, 0) is 25.7 Å². The molecule has 0 aromatic rings. The fourth-order valence-electron chi connectivity index (χ4n) is 3.44. The molecule has 0 rings (SSSR count). The van der Waals surface area contributed by atoms with Gasteiger partial charge in [-0.3, -0.25) is 4.79 Å². The molecule has 0 aliphatic rings. The molecule has 0 aromatic heterocycles. The van der Waals surface area contributed by atoms with E-state index in [1.54, 1.807) is 6.08 Å². The molecule has 25 heavy (non-hydrogen) atoms. The molecular formula is C23H45NO. The second-order valence-electron chi connectivity index (χ2n) is 7.65. The Morgan fingerprint density at radius 3 is 1.24 bits per heavy atom. The van der Waals surface area contributed by atoms with Gasteiger partial charge in [0.25, 0.3) is 0 Å². The van der Waals surface area contributed by atoms with Crippen LogP contribution in [0, 0.1) is 0 Å². The Balaban J connectivity index is 3.68. The van der Waals surface area contributed by atoms with E-state index in [1.807, 2.05) is 0 Å². The molecule has 1 amide bonds. The van der Waals surface area contributed by atoms with Crippen LogP contribution in [0.2, 0.25) is 0 Å². The lowest BCUT2D eigenvalue weighted by molar-refractivity contribution is -0.113. The topological polar surface area (TPSA) is 43.1 Å². The van der Waals surface area contributed by atoms with Crippen LogP contribution in [0.3, 0.4) is 0 Å². The van der Waals surface area contributed by atoms with Gasteiger partial charge in [0.2, 0.25) is 5.91 Å². The Morgan fingerprint density at radius 1 is 0.600 bits per heavy atom. The van der Waals surface area contributed by atoms with Crippen LogP contribution in [0.4, 0.5) is 0 Å². The minimum absolute atomic E-state index is 0.269. The fraction of sp³-hybridized carbons (Fsp3) is 0.870. The normalized spacial score (nSPS) is 10.8. The highest BCUT2D eigenvalue weighted by atomic mass is 16.1. The molecule has 0 aromatic carbocycles. The van der Waals surface area contributed by atoms with Crippen LogP contribution in [0.15, 0.2) is 11.6 Å². The highest BCUT2D eigenvalue weighted by molar-refractivity contribution is 5.86. The quantitative estimate of drug-likeness (QED) is 0.190. The molecule has 2 N–H and O–H groups in total. The summed E-state index contributed by atoms with van der Waals surface area (Å²) in [4.78, 5) is 11.2. The Kier molecular flexibility index (Phi) is 18.9. The van der Waals surface area contributed by atoms with E-state index in [1.165, 1.54) is 108 Å². The summed E-state index contributed by atoms with van der Waals surface area (Å²) >= 11 is 0. The molecule has 2 heteroatoms. The average Bonchev–Trinajstić information content (AvgIpc) is 2.58. The van der Waals surface area contributed by atoms with Crippen molar-refractivity contribution in [3.8, 4) is 0 Å². The van der Waals surface area contributed by atoms with Crippen molar-refractivity contribution >= 4 is 5.91 Å². The Labute approximate surface area is 158 Å². The predicted molar refractivity (Wildman–Crippen MR) is 112 cm³/mol. The van der Waals surface area contributed by atoms with Crippen LogP contribution in [-0.4, -0.2) is 5.91 Å². The summed E-state index contributed by atoms with van der Waals surface area (Å²) in [5, 5.41) is 0. The van der Waals surface area contributed by atoms with Crippen molar-refractivity contribution in [3.05, 3.63) is 11.6 Å². The third-order valence-electron chi connectivity index (χ3n) is 5.05. The third-order valence-corrected chi connectivity index (χ3v) is 5.05. The lowest BCUT2D eigenvalue weighted by Gasteiger charge is -2.08. The van der Waals surface area contributed by atoms with E-state index in [4.69, 9.17) is 5.73 Å². The monoisotopic (exact) mass is 351 g/mol. The number of allylic oxidation sites excluding steroid dienone is 1. The zero-order valence-corrected chi connectivity index (χ0v) is 17.3. The first-order valence-corrected chi connectivity index (χ1v) is 11.2. The molecule has 0 unspecified atom stereocenters. The van der Waals surface area contributed by atoms with Crippen LogP contribution < -0.4 is 5.73 Å². The summed E-state index contributed by atoms with van der Waals surface area (Å²) in [5.74, 6) is -0.269. The number of hydrogen-bond donors (Lipinski definition) is 1. The SMILES string of the molecule is CCCCCCCCCCC(=CC(N)=O)CCCCCCCCCC. The van der Waals surface area contributed by atoms with Crippen LogP contribution in [0.25, 0.3) is 0 Å². The first kappa shape index (κ1) is 24.2. The summed E-state index contributed by atoms with van der Waals surface area (Å²) in [6.07, 6.45) is 25.2. The molecule has 2 nitrogen and oxygen atoms in total. The number of nitrogens with two attached hydrogens (primary N) is 1. The van der Waals surface area contributed by atoms with E-state index in [9.17, 15) is 4.79 Å². The first-order chi connectivity index (χ1) is 12.2. The molecule has 0 aliphatic heterocycles. The Hall–Kier alpha value is -0.790. The lowest BCUT2D eigenvalue weighted by Crippen LogP contribution is -2.07. The average molecular weight is 352 g/mol. The predicted octanol–water partition coefficient (Wildman–Crippen LogP) is 7.46. The van der Waals surface area contributed by atoms with Crippen molar-refractivity contribution in [3.63, 3.8) is 0 Å². The van der Waals surface area contributed by atoms with E-state index in [2.05, 4.69) is 13.8 Å². The molecule has 0 bridgehead atoms. The summed E-state index contributed by atoms with van der Waals surface area (Å²) in [7, 11) is 0. The molecule has 0 fully saturated rings. The number of unbranched alkanes of at least 4 members (excludes halogenated alkanes) is 14. The maximum absolute atomic E-state index is 11.2. The molecule has 0 saturated carbocycles. The Bertz CT molecular complexity index is 300. The molecule has 148 valence electrons. The van der Waals surface area contributed by atoms with Crippen molar-refractivity contribution in [1.29, 1.82) is 0 Å². The van der Waals surface area contributed by atoms with Gasteiger partial charge < -0.3 is 5.73 Å². The van der Waals surface area contributed by atoms with Crippen molar-refractivity contribution in [2.45, 2.75) is 129 Å². The lowest BCUT2D eigenvalue weighted by atomic mass is 9.99. The summed E-state index contributed by atoms with van der Waals surface area (Å²) < 4.78 is 0. The van der Waals surface area contributed by atoms with Crippen LogP contribution in [0.1, 0.15) is 129 Å². The van der Waals surface area contributed by atoms with Gasteiger partial charge in [0.05, 0.1) is 0 Å². The van der Waals surface area contributed by atoms with E-state index in [0.29, 0.717) is 0 Å². The summed E-state index contributed by atoms with van der Waals surface area (Å²) in [5.41, 5.74) is 6.66. The Morgan fingerprint density at radius 2 is 0.920 bits per heavy atom. The molecule has 0 aliphatic carbocycles. The highest BCUT2D eigenvalue weighted by Crippen LogP contribution is 2.18. The number of rotatable bonds is 19. The first-order valence-electron chi connectivity index (χ1n) is 11.2. The molecule has 0 heterocycles. The number of carbonyl (C=O) groups excluding carboxylic acids is 1. The van der Waals surface area contributed by atoms with Gasteiger partial charge >= 0.3 is 0 Å². The van der Waals surface area contributed by atoms with Crippen molar-refractivity contribution in [1.82, 2.24) is 0 Å². The minimum atomic E-state index is -0.269. The molecule has 0 radical (unpaired) electrons. The number of amides is 1. The minimum Gasteiger partial charge on any atom is -0.366 e. The van der Waals surface area contributed by atoms with Gasteiger partial charge in [-0.2, -0.15) is 0 Å². The smallest absolute Gasteiger partial charge is 0.241 e. The van der Waals surface area contributed by atoms with Gasteiger partial charge in [-0.25, -0.2) is 0 Å². The van der Waals surface area contributed by atoms with Crippen LogP contribution >= 0.6 is 0 Å². The molecule has 0 saturated heterocycles. The van der Waals surface area contributed by atoms with Crippen molar-refractivity contribution < 1.29 is 4.79 Å². The zero-order chi connectivity index (χ0) is 18.6. The van der Waals surface area contributed by atoms with Crippen LogP contribution in [0.5, 0.6) is 0 Å². The summed E-state index contributed by atoms with van der Waals surface area (Å²) in [6.45, 7) is 4.53. The van der Waals surface area contributed by atoms with E-state index >= 15 is 0 Å². The molecule has 0 atom stereocenters. The van der Waals surface area contributed by atoms with Gasteiger partial charge in [-0.1, -0.05) is 109 Å². The van der Waals surface area contributed by atoms with Gasteiger partial charge in [-0.15, -0.1) is 0 Å². The number of carbonyl (C=O) groups is 1. The highest BCUT2D eigenvalue weighted by Gasteiger charge is 2.01. The van der Waals surface area contributed by atoms with E-state index in [-0.39, 0.29) is 5.91 Å². The standard InChI is InChI=1S/C23H45NO/c1-3-5-7-9-11-13-15-17-19-22(21-23(24)25)20-18-16-14-12-10-8-6-4-2/h21H,3-20H2,1-2H3,(H2,24,25). The van der Waals surface area contributed by atoms with Crippen molar-refractivity contribution in [2.75, 3.05) is 0 Å². The number of primary amides is 1. The second-order valence-corrected chi connectivity index (χ2v) is 7.65. The third kappa shape index (κ3) is 19.4. The summed E-state index contributed by atoms with van der Waals surface area (Å²) in [6, 6.07) is 0. The van der Waals surface area contributed by atoms with Gasteiger partial charge in [0, 0.05) is 6.08 Å². The zero-order valence-electron chi connectivity index (χ0n) is 17.3.